The smallest absolute Gasteiger partial charge is 0.244 e. The van der Waals surface area contributed by atoms with Gasteiger partial charge >= 0.3 is 0 Å². The van der Waals surface area contributed by atoms with E-state index in [1.807, 2.05) is 0 Å². The maximum Gasteiger partial charge on any atom is 0.244 e. The maximum atomic E-state index is 12.7. The summed E-state index contributed by atoms with van der Waals surface area (Å²) in [7, 11) is -3.54. The number of amides is 1. The highest BCUT2D eigenvalue weighted by atomic mass is 32.2. The Bertz CT molecular complexity index is 729. The Kier molecular flexibility index (Phi) is 4.48. The second-order valence-corrected chi connectivity index (χ2v) is 8.88. The van der Waals surface area contributed by atoms with Crippen molar-refractivity contribution in [1.82, 2.24) is 25.0 Å². The molecule has 25 heavy (non-hydrogen) atoms. The van der Waals surface area contributed by atoms with Crippen LogP contribution in [0.1, 0.15) is 19.3 Å². The molecule has 1 aliphatic carbocycles. The zero-order valence-electron chi connectivity index (χ0n) is 14.0. The standard InChI is InChI=1S/C16H23N5O3S/c22-16(15-10-14(18-19-15)12-3-4-12)20-6-8-21(9-7-20)25(23,24)13-2-1-5-17-11-13/h1-2,5,11-12,14-15,18-19H,3-4,6-10H2. The van der Waals surface area contributed by atoms with Crippen molar-refractivity contribution in [2.75, 3.05) is 26.2 Å². The van der Waals surface area contributed by atoms with Gasteiger partial charge in [-0.3, -0.25) is 15.2 Å². The first kappa shape index (κ1) is 16.9. The van der Waals surface area contributed by atoms with Crippen LogP contribution in [-0.2, 0) is 14.8 Å². The van der Waals surface area contributed by atoms with E-state index < -0.39 is 10.0 Å². The van der Waals surface area contributed by atoms with E-state index in [-0.39, 0.29) is 16.8 Å². The zero-order valence-corrected chi connectivity index (χ0v) is 14.8. The first-order valence-electron chi connectivity index (χ1n) is 8.76. The van der Waals surface area contributed by atoms with Crippen LogP contribution >= 0.6 is 0 Å². The average molecular weight is 365 g/mol. The van der Waals surface area contributed by atoms with Gasteiger partial charge in [0.05, 0.1) is 0 Å². The van der Waals surface area contributed by atoms with Gasteiger partial charge in [0.2, 0.25) is 15.9 Å². The fourth-order valence-corrected chi connectivity index (χ4v) is 4.96. The Hall–Kier alpha value is -1.55. The molecule has 1 aromatic rings. The number of sulfonamides is 1. The van der Waals surface area contributed by atoms with Crippen LogP contribution in [0.25, 0.3) is 0 Å². The van der Waals surface area contributed by atoms with Crippen LogP contribution in [-0.4, -0.2) is 66.8 Å². The summed E-state index contributed by atoms with van der Waals surface area (Å²) in [4.78, 5) is 18.5. The monoisotopic (exact) mass is 365 g/mol. The molecule has 3 fully saturated rings. The van der Waals surface area contributed by atoms with Crippen molar-refractivity contribution in [1.29, 1.82) is 0 Å². The fourth-order valence-electron chi connectivity index (χ4n) is 3.57. The highest BCUT2D eigenvalue weighted by molar-refractivity contribution is 7.89. The summed E-state index contributed by atoms with van der Waals surface area (Å²) >= 11 is 0. The van der Waals surface area contributed by atoms with E-state index in [0.717, 1.165) is 6.42 Å². The number of hydrazine groups is 1. The molecule has 0 radical (unpaired) electrons. The number of nitrogens with zero attached hydrogens (tertiary/aromatic N) is 3. The highest BCUT2D eigenvalue weighted by Gasteiger charge is 2.40. The van der Waals surface area contributed by atoms with Crippen LogP contribution in [0.5, 0.6) is 0 Å². The first-order chi connectivity index (χ1) is 12.1. The van der Waals surface area contributed by atoms with E-state index in [4.69, 9.17) is 0 Å². The fraction of sp³-hybridized carbons (Fsp3) is 0.625. The van der Waals surface area contributed by atoms with E-state index in [2.05, 4.69) is 15.8 Å². The molecule has 9 heteroatoms. The van der Waals surface area contributed by atoms with Crippen molar-refractivity contribution in [3.63, 3.8) is 0 Å². The van der Waals surface area contributed by atoms with Gasteiger partial charge in [-0.05, 0) is 37.3 Å². The number of nitrogens with one attached hydrogen (secondary N) is 2. The molecular weight excluding hydrogens is 342 g/mol. The van der Waals surface area contributed by atoms with Crippen LogP contribution in [0.4, 0.5) is 0 Å². The molecule has 2 N–H and O–H groups in total. The summed E-state index contributed by atoms with van der Waals surface area (Å²) in [5.41, 5.74) is 6.34. The predicted octanol–water partition coefficient (Wildman–Crippen LogP) is -0.440. The lowest BCUT2D eigenvalue weighted by Gasteiger charge is -2.35. The van der Waals surface area contributed by atoms with E-state index in [9.17, 15) is 13.2 Å². The molecule has 3 heterocycles. The Morgan fingerprint density at radius 1 is 1.16 bits per heavy atom. The molecule has 8 nitrogen and oxygen atoms in total. The molecule has 0 aromatic carbocycles. The SMILES string of the molecule is O=C(C1CC(C2CC2)NN1)N1CCN(S(=O)(=O)c2cccnc2)CC1. The molecule has 1 aromatic heterocycles. The molecule has 2 aliphatic heterocycles. The van der Waals surface area contributed by atoms with Crippen LogP contribution in [0.2, 0.25) is 0 Å². The van der Waals surface area contributed by atoms with Gasteiger partial charge in [0.1, 0.15) is 10.9 Å². The van der Waals surface area contributed by atoms with Gasteiger partial charge in [-0.15, -0.1) is 0 Å². The minimum atomic E-state index is -3.54. The minimum Gasteiger partial charge on any atom is -0.339 e. The van der Waals surface area contributed by atoms with Gasteiger partial charge < -0.3 is 4.90 Å². The van der Waals surface area contributed by atoms with Crippen molar-refractivity contribution in [2.24, 2.45) is 5.92 Å². The van der Waals surface area contributed by atoms with Crippen LogP contribution in [0, 0.1) is 5.92 Å². The molecule has 1 saturated carbocycles. The number of carbonyl (C=O) groups excluding carboxylic acids is 1. The molecule has 4 rings (SSSR count). The molecule has 2 saturated heterocycles. The van der Waals surface area contributed by atoms with Crippen molar-refractivity contribution < 1.29 is 13.2 Å². The molecule has 1 amide bonds. The van der Waals surface area contributed by atoms with E-state index >= 15 is 0 Å². The van der Waals surface area contributed by atoms with Crippen molar-refractivity contribution >= 4 is 15.9 Å². The predicted molar refractivity (Wildman–Crippen MR) is 90.8 cm³/mol. The summed E-state index contributed by atoms with van der Waals surface area (Å²) in [5.74, 6) is 0.765. The third-order valence-electron chi connectivity index (χ3n) is 5.24. The number of hydrogen-bond donors (Lipinski definition) is 2. The van der Waals surface area contributed by atoms with Gasteiger partial charge in [-0.25, -0.2) is 13.8 Å². The Labute approximate surface area is 147 Å². The molecule has 0 spiro atoms. The van der Waals surface area contributed by atoms with E-state index in [1.54, 1.807) is 23.2 Å². The summed E-state index contributed by atoms with van der Waals surface area (Å²) < 4.78 is 26.6. The van der Waals surface area contributed by atoms with Gasteiger partial charge in [-0.2, -0.15) is 4.31 Å². The number of hydrogen-bond acceptors (Lipinski definition) is 6. The summed E-state index contributed by atoms with van der Waals surface area (Å²) in [6.07, 6.45) is 6.21. The normalized spacial score (nSPS) is 28.2. The average Bonchev–Trinajstić information content (AvgIpc) is 3.39. The second kappa shape index (κ2) is 6.64. The lowest BCUT2D eigenvalue weighted by molar-refractivity contribution is -0.134. The largest absolute Gasteiger partial charge is 0.339 e. The lowest BCUT2D eigenvalue weighted by Crippen LogP contribution is -2.54. The number of aromatic nitrogens is 1. The molecular formula is C16H23N5O3S. The van der Waals surface area contributed by atoms with Crippen LogP contribution in [0.15, 0.2) is 29.4 Å². The Morgan fingerprint density at radius 2 is 1.92 bits per heavy atom. The number of rotatable bonds is 4. The summed E-state index contributed by atoms with van der Waals surface area (Å²) in [5, 5.41) is 0. The number of piperazine rings is 1. The molecule has 0 bridgehead atoms. The summed E-state index contributed by atoms with van der Waals surface area (Å²) in [6.45, 7) is 1.47. The quantitative estimate of drug-likeness (QED) is 0.751. The Morgan fingerprint density at radius 3 is 2.56 bits per heavy atom. The maximum absolute atomic E-state index is 12.7. The number of carbonyl (C=O) groups is 1. The van der Waals surface area contributed by atoms with Crippen molar-refractivity contribution in [3.8, 4) is 0 Å². The minimum absolute atomic E-state index is 0.0640. The highest BCUT2D eigenvalue weighted by Crippen LogP contribution is 2.35. The first-order valence-corrected chi connectivity index (χ1v) is 10.2. The van der Waals surface area contributed by atoms with Gasteiger partial charge in [0, 0.05) is 44.6 Å². The van der Waals surface area contributed by atoms with Crippen LogP contribution < -0.4 is 10.9 Å². The zero-order chi connectivity index (χ0) is 17.4. The molecule has 3 aliphatic rings. The van der Waals surface area contributed by atoms with Crippen LogP contribution in [0.3, 0.4) is 0 Å². The van der Waals surface area contributed by atoms with Gasteiger partial charge in [0.25, 0.3) is 0 Å². The summed E-state index contributed by atoms with van der Waals surface area (Å²) in [6, 6.07) is 3.35. The van der Waals surface area contributed by atoms with Gasteiger partial charge in [0.15, 0.2) is 0 Å². The lowest BCUT2D eigenvalue weighted by atomic mass is 10.1. The third-order valence-corrected chi connectivity index (χ3v) is 7.13. The van der Waals surface area contributed by atoms with E-state index in [1.165, 1.54) is 23.3 Å². The molecule has 2 atom stereocenters. The van der Waals surface area contributed by atoms with Crippen molar-refractivity contribution in [3.05, 3.63) is 24.5 Å². The topological polar surface area (TPSA) is 94.6 Å². The Balaban J connectivity index is 1.34. The van der Waals surface area contributed by atoms with E-state index in [0.29, 0.717) is 38.1 Å². The number of pyridine rings is 1. The molecule has 2 unspecified atom stereocenters. The van der Waals surface area contributed by atoms with Gasteiger partial charge in [-0.1, -0.05) is 0 Å². The second-order valence-electron chi connectivity index (χ2n) is 6.94. The van der Waals surface area contributed by atoms with Crippen molar-refractivity contribution in [2.45, 2.75) is 36.2 Å². The third kappa shape index (κ3) is 3.41. The molecule has 136 valence electrons.